The van der Waals surface area contributed by atoms with Crippen LogP contribution < -0.4 is 0 Å². The number of hydrogen-bond donors (Lipinski definition) is 1. The maximum absolute atomic E-state index is 13.7. The summed E-state index contributed by atoms with van der Waals surface area (Å²) in [7, 11) is 0. The van der Waals surface area contributed by atoms with Crippen LogP contribution in [-0.4, -0.2) is 52.2 Å². The van der Waals surface area contributed by atoms with Crippen LogP contribution in [0.2, 0.25) is 0 Å². The SMILES string of the molecule is Cc1ccccc1C(=O)N(C=O)CCC1c2ccccc2CCN1C(=O)C1CCCCC1C(=O)O. The highest BCUT2D eigenvalue weighted by Gasteiger charge is 2.41. The predicted octanol–water partition coefficient (Wildman–Crippen LogP) is 4.00. The molecule has 1 aliphatic heterocycles. The molecule has 1 saturated carbocycles. The Kier molecular flexibility index (Phi) is 7.63. The molecule has 3 amide bonds. The van der Waals surface area contributed by atoms with Crippen molar-refractivity contribution in [3.8, 4) is 0 Å². The fourth-order valence-corrected chi connectivity index (χ4v) is 5.59. The van der Waals surface area contributed by atoms with E-state index in [0.29, 0.717) is 44.2 Å². The minimum atomic E-state index is -0.909. The summed E-state index contributed by atoms with van der Waals surface area (Å²) in [6.07, 6.45) is 4.41. The molecule has 2 aromatic rings. The van der Waals surface area contributed by atoms with Gasteiger partial charge in [-0.3, -0.25) is 24.1 Å². The van der Waals surface area contributed by atoms with Gasteiger partial charge in [-0.15, -0.1) is 0 Å². The highest BCUT2D eigenvalue weighted by Crippen LogP contribution is 2.38. The van der Waals surface area contributed by atoms with Crippen molar-refractivity contribution < 1.29 is 24.3 Å². The number of nitrogens with zero attached hydrogens (tertiary/aromatic N) is 2. The molecule has 35 heavy (non-hydrogen) atoms. The molecule has 184 valence electrons. The molecular weight excluding hydrogens is 444 g/mol. The predicted molar refractivity (Wildman–Crippen MR) is 131 cm³/mol. The molecule has 4 rings (SSSR count). The molecule has 3 atom stereocenters. The summed E-state index contributed by atoms with van der Waals surface area (Å²) >= 11 is 0. The molecular formula is C28H32N2O5. The van der Waals surface area contributed by atoms with Gasteiger partial charge in [-0.05, 0) is 55.4 Å². The molecule has 0 spiro atoms. The van der Waals surface area contributed by atoms with E-state index in [2.05, 4.69) is 0 Å². The first-order valence-corrected chi connectivity index (χ1v) is 12.4. The maximum atomic E-state index is 13.7. The third-order valence-corrected chi connectivity index (χ3v) is 7.50. The van der Waals surface area contributed by atoms with Crippen molar-refractivity contribution in [1.29, 1.82) is 0 Å². The lowest BCUT2D eigenvalue weighted by molar-refractivity contribution is -0.153. The zero-order valence-corrected chi connectivity index (χ0v) is 20.1. The van der Waals surface area contributed by atoms with Crippen LogP contribution >= 0.6 is 0 Å². The number of carboxylic acids is 1. The minimum Gasteiger partial charge on any atom is -0.481 e. The number of imide groups is 1. The summed E-state index contributed by atoms with van der Waals surface area (Å²) in [6.45, 7) is 2.49. The van der Waals surface area contributed by atoms with Crippen molar-refractivity contribution in [3.05, 3.63) is 70.8 Å². The van der Waals surface area contributed by atoms with Crippen LogP contribution in [0.25, 0.3) is 0 Å². The number of amides is 3. The Hall–Kier alpha value is -3.48. The number of aliphatic carboxylic acids is 1. The Balaban J connectivity index is 1.58. The first kappa shape index (κ1) is 24.6. The second-order valence-corrected chi connectivity index (χ2v) is 9.54. The minimum absolute atomic E-state index is 0.125. The molecule has 1 fully saturated rings. The lowest BCUT2D eigenvalue weighted by Gasteiger charge is -2.41. The summed E-state index contributed by atoms with van der Waals surface area (Å²) in [6, 6.07) is 14.7. The standard InChI is InChI=1S/C28H32N2O5/c1-19-8-2-4-10-21(19)26(32)29(18-31)16-15-25-22-11-5-3-9-20(22)14-17-30(25)27(33)23-12-6-7-13-24(23)28(34)35/h2-5,8-11,18,23-25H,6-7,12-17H2,1H3,(H,34,35). The number of hydrogen-bond acceptors (Lipinski definition) is 4. The van der Waals surface area contributed by atoms with E-state index in [4.69, 9.17) is 0 Å². The number of aryl methyl sites for hydroxylation is 1. The fourth-order valence-electron chi connectivity index (χ4n) is 5.59. The van der Waals surface area contributed by atoms with Gasteiger partial charge in [0.05, 0.1) is 17.9 Å². The second kappa shape index (κ2) is 10.8. The van der Waals surface area contributed by atoms with Crippen LogP contribution in [-0.2, 0) is 20.8 Å². The van der Waals surface area contributed by atoms with Crippen molar-refractivity contribution in [1.82, 2.24) is 9.80 Å². The van der Waals surface area contributed by atoms with Crippen LogP contribution in [0.15, 0.2) is 48.5 Å². The number of fused-ring (bicyclic) bond motifs is 1. The molecule has 3 unspecified atom stereocenters. The van der Waals surface area contributed by atoms with Gasteiger partial charge in [0.25, 0.3) is 5.91 Å². The van der Waals surface area contributed by atoms with Crippen LogP contribution in [0.1, 0.15) is 65.2 Å². The van der Waals surface area contributed by atoms with Crippen LogP contribution in [0.4, 0.5) is 0 Å². The van der Waals surface area contributed by atoms with E-state index in [1.807, 2.05) is 43.3 Å². The zero-order chi connectivity index (χ0) is 24.9. The summed E-state index contributed by atoms with van der Waals surface area (Å²) in [5.41, 5.74) is 3.41. The summed E-state index contributed by atoms with van der Waals surface area (Å²) in [5.74, 6) is -2.60. The molecule has 1 heterocycles. The molecule has 1 aliphatic carbocycles. The smallest absolute Gasteiger partial charge is 0.307 e. The third-order valence-electron chi connectivity index (χ3n) is 7.50. The van der Waals surface area contributed by atoms with Crippen molar-refractivity contribution in [2.45, 2.75) is 51.5 Å². The Morgan fingerprint density at radius 1 is 1.03 bits per heavy atom. The number of carbonyl (C=O) groups is 4. The first-order valence-electron chi connectivity index (χ1n) is 12.4. The monoisotopic (exact) mass is 476 g/mol. The van der Waals surface area contributed by atoms with Gasteiger partial charge >= 0.3 is 5.97 Å². The molecule has 2 aliphatic rings. The quantitative estimate of drug-likeness (QED) is 0.610. The van der Waals surface area contributed by atoms with E-state index in [1.165, 1.54) is 4.90 Å². The van der Waals surface area contributed by atoms with Gasteiger partial charge in [0.15, 0.2) is 0 Å². The van der Waals surface area contributed by atoms with Gasteiger partial charge in [0, 0.05) is 18.7 Å². The lowest BCUT2D eigenvalue weighted by Crippen LogP contribution is -2.47. The van der Waals surface area contributed by atoms with Crippen molar-refractivity contribution in [3.63, 3.8) is 0 Å². The van der Waals surface area contributed by atoms with Gasteiger partial charge in [0.1, 0.15) is 0 Å². The Morgan fingerprint density at radius 3 is 2.43 bits per heavy atom. The molecule has 7 heteroatoms. The van der Waals surface area contributed by atoms with E-state index in [1.54, 1.807) is 17.0 Å². The molecule has 0 saturated heterocycles. The van der Waals surface area contributed by atoms with Crippen molar-refractivity contribution in [2.24, 2.45) is 11.8 Å². The van der Waals surface area contributed by atoms with E-state index < -0.39 is 17.8 Å². The van der Waals surface area contributed by atoms with E-state index in [9.17, 15) is 24.3 Å². The van der Waals surface area contributed by atoms with Gasteiger partial charge in [0.2, 0.25) is 12.3 Å². The van der Waals surface area contributed by atoms with Gasteiger partial charge in [-0.25, -0.2) is 0 Å². The first-order chi connectivity index (χ1) is 16.9. The van der Waals surface area contributed by atoms with Crippen LogP contribution in [0, 0.1) is 18.8 Å². The average molecular weight is 477 g/mol. The van der Waals surface area contributed by atoms with Gasteiger partial charge in [-0.2, -0.15) is 0 Å². The molecule has 0 aromatic heterocycles. The Morgan fingerprint density at radius 2 is 1.71 bits per heavy atom. The fraction of sp³-hybridized carbons (Fsp3) is 0.429. The maximum Gasteiger partial charge on any atom is 0.307 e. The Bertz CT molecular complexity index is 1110. The van der Waals surface area contributed by atoms with Crippen LogP contribution in [0.3, 0.4) is 0 Å². The summed E-state index contributed by atoms with van der Waals surface area (Å²) in [5, 5.41) is 9.73. The highest BCUT2D eigenvalue weighted by molar-refractivity contribution is 6.00. The zero-order valence-electron chi connectivity index (χ0n) is 20.1. The highest BCUT2D eigenvalue weighted by atomic mass is 16.4. The van der Waals surface area contributed by atoms with Crippen LogP contribution in [0.5, 0.6) is 0 Å². The van der Waals surface area contributed by atoms with Crippen molar-refractivity contribution in [2.75, 3.05) is 13.1 Å². The van der Waals surface area contributed by atoms with E-state index in [0.717, 1.165) is 29.5 Å². The molecule has 0 radical (unpaired) electrons. The van der Waals surface area contributed by atoms with E-state index >= 15 is 0 Å². The summed E-state index contributed by atoms with van der Waals surface area (Å²) in [4.78, 5) is 53.5. The number of rotatable bonds is 7. The Labute approximate surface area is 205 Å². The largest absolute Gasteiger partial charge is 0.481 e. The molecule has 7 nitrogen and oxygen atoms in total. The van der Waals surface area contributed by atoms with E-state index in [-0.39, 0.29) is 24.4 Å². The van der Waals surface area contributed by atoms with Gasteiger partial charge in [-0.1, -0.05) is 55.3 Å². The lowest BCUT2D eigenvalue weighted by atomic mass is 9.77. The molecule has 1 N–H and O–H groups in total. The van der Waals surface area contributed by atoms with Crippen molar-refractivity contribution >= 4 is 24.2 Å². The second-order valence-electron chi connectivity index (χ2n) is 9.54. The molecule has 0 bridgehead atoms. The third kappa shape index (κ3) is 5.14. The number of benzene rings is 2. The van der Waals surface area contributed by atoms with Gasteiger partial charge < -0.3 is 10.0 Å². The normalized spacial score (nSPS) is 21.6. The average Bonchev–Trinajstić information content (AvgIpc) is 2.88. The number of carboxylic acid groups (broad SMARTS) is 1. The number of carbonyl (C=O) groups excluding carboxylic acids is 3. The summed E-state index contributed by atoms with van der Waals surface area (Å²) < 4.78 is 0. The topological polar surface area (TPSA) is 95.0 Å². The molecule has 2 aromatic carbocycles.